The lowest BCUT2D eigenvalue weighted by atomic mass is 9.89. The predicted octanol–water partition coefficient (Wildman–Crippen LogP) is 5.57. The molecule has 1 aliphatic heterocycles. The number of fused-ring (bicyclic) bond motifs is 3. The zero-order valence-corrected chi connectivity index (χ0v) is 20.2. The average molecular weight is 503 g/mol. The third-order valence-corrected chi connectivity index (χ3v) is 6.77. The first kappa shape index (κ1) is 22.3. The fourth-order valence-electron chi connectivity index (χ4n) is 4.76. The summed E-state index contributed by atoms with van der Waals surface area (Å²) in [6.45, 7) is 4.06. The van der Waals surface area contributed by atoms with Gasteiger partial charge in [-0.05, 0) is 60.4 Å². The van der Waals surface area contributed by atoms with Crippen LogP contribution in [0.1, 0.15) is 46.4 Å². The summed E-state index contributed by atoms with van der Waals surface area (Å²) in [5.74, 6) is -0.317. The van der Waals surface area contributed by atoms with Gasteiger partial charge in [-0.2, -0.15) is 0 Å². The first-order valence-electron chi connectivity index (χ1n) is 11.3. The Morgan fingerprint density at radius 1 is 1.19 bits per heavy atom. The summed E-state index contributed by atoms with van der Waals surface area (Å²) >= 11 is 6.35. The second-order valence-corrected chi connectivity index (χ2v) is 9.14. The van der Waals surface area contributed by atoms with Crippen LogP contribution in [0.15, 0.2) is 64.0 Å². The molecule has 2 aromatic carbocycles. The van der Waals surface area contributed by atoms with Crippen molar-refractivity contribution in [1.29, 1.82) is 0 Å². The molecule has 0 saturated carbocycles. The SMILES string of the molecule is CC(=C1c2ccc(Cc3c(C)nc4c(Cl)cccn34)cc2COc2cc(F)ccc21)c1noc(=O)[nH]1. The van der Waals surface area contributed by atoms with Crippen LogP contribution in [0.3, 0.4) is 0 Å². The highest BCUT2D eigenvalue weighted by Gasteiger charge is 2.24. The number of aromatic nitrogens is 4. The van der Waals surface area contributed by atoms with E-state index in [1.807, 2.05) is 42.6 Å². The van der Waals surface area contributed by atoms with Crippen LogP contribution in [0.4, 0.5) is 4.39 Å². The zero-order chi connectivity index (χ0) is 25.0. The van der Waals surface area contributed by atoms with Crippen LogP contribution in [0, 0.1) is 12.7 Å². The molecule has 0 saturated heterocycles. The Morgan fingerprint density at radius 3 is 2.83 bits per heavy atom. The van der Waals surface area contributed by atoms with Crippen molar-refractivity contribution in [3.8, 4) is 5.75 Å². The number of hydrogen-bond donors (Lipinski definition) is 1. The van der Waals surface area contributed by atoms with E-state index >= 15 is 0 Å². The molecule has 180 valence electrons. The minimum Gasteiger partial charge on any atom is -0.488 e. The Bertz CT molecular complexity index is 1750. The topological polar surface area (TPSA) is 85.4 Å². The maximum atomic E-state index is 14.1. The maximum Gasteiger partial charge on any atom is 0.439 e. The molecule has 9 heteroatoms. The molecule has 6 rings (SSSR count). The number of rotatable bonds is 3. The van der Waals surface area contributed by atoms with E-state index in [-0.39, 0.29) is 6.61 Å². The fraction of sp³-hybridized carbons (Fsp3) is 0.148. The van der Waals surface area contributed by atoms with Gasteiger partial charge < -0.3 is 9.14 Å². The minimum absolute atomic E-state index is 0.254. The molecule has 1 N–H and O–H groups in total. The number of aromatic amines is 1. The second-order valence-electron chi connectivity index (χ2n) is 8.73. The van der Waals surface area contributed by atoms with Crippen molar-refractivity contribution >= 4 is 28.4 Å². The van der Waals surface area contributed by atoms with Gasteiger partial charge in [-0.15, -0.1) is 0 Å². The van der Waals surface area contributed by atoms with Gasteiger partial charge in [0, 0.05) is 35.5 Å². The van der Waals surface area contributed by atoms with Crippen LogP contribution in [0.5, 0.6) is 5.75 Å². The number of nitrogens with zero attached hydrogens (tertiary/aromatic N) is 3. The number of aryl methyl sites for hydroxylation is 1. The standard InChI is InChI=1S/C27H20ClFN4O3/c1-14(25-31-27(34)36-32-25)24-19-7-5-16(10-17(19)13-35-23-12-18(29)6-8-20(23)24)11-22-15(2)30-26-21(28)4-3-9-33(22)26/h3-10,12H,11,13H2,1-2H3,(H,31,32,34). The molecule has 0 atom stereocenters. The number of halogens is 2. The molecule has 0 unspecified atom stereocenters. The lowest BCUT2D eigenvalue weighted by Crippen LogP contribution is -2.02. The Morgan fingerprint density at radius 2 is 2.03 bits per heavy atom. The van der Waals surface area contributed by atoms with Gasteiger partial charge in [-0.25, -0.2) is 14.2 Å². The van der Waals surface area contributed by atoms with E-state index in [4.69, 9.17) is 20.9 Å². The largest absolute Gasteiger partial charge is 0.488 e. The molecule has 36 heavy (non-hydrogen) atoms. The third kappa shape index (κ3) is 3.70. The summed E-state index contributed by atoms with van der Waals surface area (Å²) in [5.41, 5.74) is 7.74. The van der Waals surface area contributed by atoms with Gasteiger partial charge in [0.2, 0.25) is 0 Å². The first-order valence-corrected chi connectivity index (χ1v) is 11.7. The number of benzene rings is 2. The summed E-state index contributed by atoms with van der Waals surface area (Å²) in [6, 6.07) is 14.3. The summed E-state index contributed by atoms with van der Waals surface area (Å²) in [7, 11) is 0. The van der Waals surface area contributed by atoms with Crippen LogP contribution in [-0.2, 0) is 13.0 Å². The molecule has 7 nitrogen and oxygen atoms in total. The molecule has 0 bridgehead atoms. The van der Waals surface area contributed by atoms with Gasteiger partial charge in [-0.3, -0.25) is 9.51 Å². The first-order chi connectivity index (χ1) is 17.4. The summed E-state index contributed by atoms with van der Waals surface area (Å²) < 4.78 is 26.9. The smallest absolute Gasteiger partial charge is 0.439 e. The Balaban J connectivity index is 1.49. The third-order valence-electron chi connectivity index (χ3n) is 6.48. The number of pyridine rings is 1. The molecule has 0 radical (unpaired) electrons. The predicted molar refractivity (Wildman–Crippen MR) is 134 cm³/mol. The van der Waals surface area contributed by atoms with E-state index in [1.165, 1.54) is 12.1 Å². The van der Waals surface area contributed by atoms with E-state index in [1.54, 1.807) is 6.07 Å². The molecule has 4 heterocycles. The molecule has 5 aromatic rings. The second kappa shape index (κ2) is 8.49. The van der Waals surface area contributed by atoms with Crippen molar-refractivity contribution in [1.82, 2.24) is 19.5 Å². The lowest BCUT2D eigenvalue weighted by molar-refractivity contribution is 0.305. The number of hydrogen-bond acceptors (Lipinski definition) is 5. The summed E-state index contributed by atoms with van der Waals surface area (Å²) in [6.07, 6.45) is 2.59. The molecule has 0 aliphatic carbocycles. The summed E-state index contributed by atoms with van der Waals surface area (Å²) in [4.78, 5) is 18.9. The van der Waals surface area contributed by atoms with Gasteiger partial charge in [-0.1, -0.05) is 35.0 Å². The molecule has 0 spiro atoms. The molecule has 1 aliphatic rings. The zero-order valence-electron chi connectivity index (χ0n) is 19.4. The number of allylic oxidation sites excluding steroid dienone is 1. The van der Waals surface area contributed by atoms with E-state index in [0.717, 1.165) is 39.3 Å². The Labute approximate surface area is 209 Å². The number of imidazole rings is 1. The highest BCUT2D eigenvalue weighted by molar-refractivity contribution is 6.33. The van der Waals surface area contributed by atoms with Crippen LogP contribution in [-0.4, -0.2) is 19.5 Å². The number of H-pyrrole nitrogens is 1. The van der Waals surface area contributed by atoms with Gasteiger partial charge in [0.1, 0.15) is 18.2 Å². The average Bonchev–Trinajstić information content (AvgIpc) is 3.39. The highest BCUT2D eigenvalue weighted by Crippen LogP contribution is 2.41. The van der Waals surface area contributed by atoms with Crippen molar-refractivity contribution in [2.75, 3.05) is 0 Å². The highest BCUT2D eigenvalue weighted by atomic mass is 35.5. The normalized spacial score (nSPS) is 14.2. The van der Waals surface area contributed by atoms with Gasteiger partial charge in [0.25, 0.3) is 0 Å². The quantitative estimate of drug-likeness (QED) is 0.348. The van der Waals surface area contributed by atoms with Crippen molar-refractivity contribution < 1.29 is 13.7 Å². The number of ether oxygens (including phenoxy) is 1. The van der Waals surface area contributed by atoms with Crippen LogP contribution >= 0.6 is 11.6 Å². The van der Waals surface area contributed by atoms with Gasteiger partial charge >= 0.3 is 5.76 Å². The minimum atomic E-state index is -0.645. The summed E-state index contributed by atoms with van der Waals surface area (Å²) in [5, 5.41) is 4.46. The molecular weight excluding hydrogens is 483 g/mol. The van der Waals surface area contributed by atoms with Crippen molar-refractivity contribution in [3.63, 3.8) is 0 Å². The Hall–Kier alpha value is -4.17. The van der Waals surface area contributed by atoms with E-state index in [2.05, 4.69) is 27.3 Å². The van der Waals surface area contributed by atoms with Crippen molar-refractivity contribution in [2.45, 2.75) is 26.9 Å². The lowest BCUT2D eigenvalue weighted by Gasteiger charge is -2.14. The van der Waals surface area contributed by atoms with Crippen LogP contribution in [0.25, 0.3) is 16.8 Å². The molecular formula is C27H20ClFN4O3. The molecule has 0 fully saturated rings. The van der Waals surface area contributed by atoms with Crippen LogP contribution < -0.4 is 10.5 Å². The molecule has 3 aromatic heterocycles. The maximum absolute atomic E-state index is 14.1. The van der Waals surface area contributed by atoms with Gasteiger partial charge in [0.05, 0.1) is 10.7 Å². The van der Waals surface area contributed by atoms with E-state index < -0.39 is 11.6 Å². The van der Waals surface area contributed by atoms with E-state index in [9.17, 15) is 9.18 Å². The van der Waals surface area contributed by atoms with Crippen molar-refractivity contribution in [3.05, 3.63) is 116 Å². The Kier molecular flexibility index (Phi) is 5.26. The van der Waals surface area contributed by atoms with Crippen LogP contribution in [0.2, 0.25) is 5.02 Å². The van der Waals surface area contributed by atoms with Crippen molar-refractivity contribution in [2.24, 2.45) is 0 Å². The monoisotopic (exact) mass is 502 g/mol. The van der Waals surface area contributed by atoms with Gasteiger partial charge in [0.15, 0.2) is 11.5 Å². The molecule has 0 amide bonds. The number of nitrogens with one attached hydrogen (secondary N) is 1. The fourth-order valence-corrected chi connectivity index (χ4v) is 4.97. The van der Waals surface area contributed by atoms with E-state index in [0.29, 0.717) is 34.2 Å².